The van der Waals surface area contributed by atoms with Crippen LogP contribution < -0.4 is 10.6 Å². The summed E-state index contributed by atoms with van der Waals surface area (Å²) in [5, 5.41) is 6.02. The van der Waals surface area contributed by atoms with Gasteiger partial charge in [0.15, 0.2) is 9.84 Å². The zero-order valence-corrected chi connectivity index (χ0v) is 21.6. The van der Waals surface area contributed by atoms with Gasteiger partial charge < -0.3 is 20.4 Å². The van der Waals surface area contributed by atoms with Gasteiger partial charge in [-0.15, -0.1) is 0 Å². The number of nitrogens with one attached hydrogen (secondary N) is 2. The van der Waals surface area contributed by atoms with Gasteiger partial charge in [-0.1, -0.05) is 26.7 Å². The molecule has 0 aromatic rings. The van der Waals surface area contributed by atoms with Crippen LogP contribution in [0.1, 0.15) is 65.2 Å². The Balaban J connectivity index is 1.70. The van der Waals surface area contributed by atoms with Crippen molar-refractivity contribution >= 4 is 21.7 Å². The summed E-state index contributed by atoms with van der Waals surface area (Å²) in [7, 11) is -3.18. The van der Waals surface area contributed by atoms with Crippen LogP contribution in [-0.2, 0) is 19.4 Å². The Morgan fingerprint density at radius 3 is 1.61 bits per heavy atom. The van der Waals surface area contributed by atoms with E-state index in [4.69, 9.17) is 0 Å². The highest BCUT2D eigenvalue weighted by Crippen LogP contribution is 2.18. The van der Waals surface area contributed by atoms with Crippen LogP contribution in [0.4, 0.5) is 0 Å². The Morgan fingerprint density at radius 1 is 0.788 bits per heavy atom. The molecule has 192 valence electrons. The summed E-state index contributed by atoms with van der Waals surface area (Å²) in [6.45, 7) is 9.63. The molecule has 0 radical (unpaired) electrons. The van der Waals surface area contributed by atoms with Crippen molar-refractivity contribution in [2.75, 3.05) is 63.9 Å². The predicted octanol–water partition coefficient (Wildman–Crippen LogP) is 1.66. The van der Waals surface area contributed by atoms with E-state index in [9.17, 15) is 18.0 Å². The van der Waals surface area contributed by atoms with E-state index in [0.717, 1.165) is 77.5 Å². The van der Waals surface area contributed by atoms with Crippen molar-refractivity contribution in [2.45, 2.75) is 65.2 Å². The Kier molecular flexibility index (Phi) is 12.7. The van der Waals surface area contributed by atoms with E-state index >= 15 is 0 Å². The molecule has 0 bridgehead atoms. The fraction of sp³-hybridized carbons (Fsp3) is 0.917. The molecule has 2 saturated heterocycles. The lowest BCUT2D eigenvalue weighted by Crippen LogP contribution is -2.46. The lowest BCUT2D eigenvalue weighted by molar-refractivity contribution is -0.127. The number of rotatable bonds is 14. The number of nitrogens with zero attached hydrogens (tertiary/aromatic N) is 2. The quantitative estimate of drug-likeness (QED) is 0.362. The molecule has 0 saturated carbocycles. The van der Waals surface area contributed by atoms with Gasteiger partial charge in [0.1, 0.15) is 0 Å². The lowest BCUT2D eigenvalue weighted by atomic mass is 9.97. The number of likely N-dealkylation sites (tertiary alicyclic amines) is 2. The van der Waals surface area contributed by atoms with Crippen molar-refractivity contribution in [3.8, 4) is 0 Å². The molecule has 9 heteroatoms. The standard InChI is InChI=1S/C24H46N4O4S/c1-3-5-11-25-23(29)21-9-7-13-27(19-21)15-17-33(31,32)18-16-28-14-8-10-22(20-28)24(30)26-12-6-4-2/h21-22H,3-20H2,1-2H3,(H,25,29)(H,26,30). The molecule has 2 fully saturated rings. The molecule has 2 heterocycles. The van der Waals surface area contributed by atoms with Gasteiger partial charge in [0.2, 0.25) is 11.8 Å². The van der Waals surface area contributed by atoms with Crippen molar-refractivity contribution in [3.63, 3.8) is 0 Å². The van der Waals surface area contributed by atoms with Crippen molar-refractivity contribution in [3.05, 3.63) is 0 Å². The van der Waals surface area contributed by atoms with Crippen LogP contribution in [0, 0.1) is 11.8 Å². The van der Waals surface area contributed by atoms with Crippen molar-refractivity contribution < 1.29 is 18.0 Å². The third kappa shape index (κ3) is 10.7. The number of hydrogen-bond donors (Lipinski definition) is 2. The van der Waals surface area contributed by atoms with Crippen LogP contribution >= 0.6 is 0 Å². The van der Waals surface area contributed by atoms with Crippen LogP contribution in [0.5, 0.6) is 0 Å². The summed E-state index contributed by atoms with van der Waals surface area (Å²) < 4.78 is 25.4. The molecule has 2 atom stereocenters. The zero-order chi connectivity index (χ0) is 24.1. The van der Waals surface area contributed by atoms with Gasteiger partial charge in [-0.25, -0.2) is 8.42 Å². The first-order chi connectivity index (χ1) is 15.8. The van der Waals surface area contributed by atoms with Gasteiger partial charge >= 0.3 is 0 Å². The van der Waals surface area contributed by atoms with Crippen LogP contribution in [0.15, 0.2) is 0 Å². The third-order valence-corrected chi connectivity index (χ3v) is 8.46. The minimum atomic E-state index is -3.18. The zero-order valence-electron chi connectivity index (χ0n) is 20.8. The predicted molar refractivity (Wildman–Crippen MR) is 133 cm³/mol. The summed E-state index contributed by atoms with van der Waals surface area (Å²) in [5.41, 5.74) is 0. The summed E-state index contributed by atoms with van der Waals surface area (Å²) in [6.07, 6.45) is 7.71. The minimum Gasteiger partial charge on any atom is -0.356 e. The molecule has 0 aromatic carbocycles. The highest BCUT2D eigenvalue weighted by Gasteiger charge is 2.28. The number of sulfone groups is 1. The highest BCUT2D eigenvalue weighted by atomic mass is 32.2. The molecule has 2 amide bonds. The van der Waals surface area contributed by atoms with Crippen LogP contribution in [-0.4, -0.2) is 93.9 Å². The molecule has 2 aliphatic rings. The Labute approximate surface area is 201 Å². The van der Waals surface area contributed by atoms with E-state index in [1.165, 1.54) is 0 Å². The highest BCUT2D eigenvalue weighted by molar-refractivity contribution is 7.91. The molecule has 8 nitrogen and oxygen atoms in total. The van der Waals surface area contributed by atoms with Gasteiger partial charge in [0.05, 0.1) is 23.3 Å². The first kappa shape index (κ1) is 28.1. The summed E-state index contributed by atoms with van der Waals surface area (Å²) >= 11 is 0. The Bertz CT molecular complexity index is 649. The van der Waals surface area contributed by atoms with Gasteiger partial charge in [0, 0.05) is 39.3 Å². The normalized spacial score (nSPS) is 22.7. The second-order valence-electron chi connectivity index (χ2n) is 9.72. The molecule has 33 heavy (non-hydrogen) atoms. The van der Waals surface area contributed by atoms with Gasteiger partial charge in [-0.2, -0.15) is 0 Å². The van der Waals surface area contributed by atoms with E-state index in [0.29, 0.717) is 26.2 Å². The molecule has 0 aromatic heterocycles. The topological polar surface area (TPSA) is 98.8 Å². The number of amides is 2. The second kappa shape index (κ2) is 14.9. The molecule has 2 aliphatic heterocycles. The molecular weight excluding hydrogens is 440 g/mol. The SMILES string of the molecule is CCCCNC(=O)C1CCCN(CCS(=O)(=O)CCN2CCCC(C(=O)NCCCC)C2)C1. The average Bonchev–Trinajstić information content (AvgIpc) is 2.82. The Morgan fingerprint density at radius 2 is 1.21 bits per heavy atom. The maximum atomic E-state index is 12.7. The van der Waals surface area contributed by atoms with E-state index in [1.807, 2.05) is 0 Å². The van der Waals surface area contributed by atoms with E-state index in [2.05, 4.69) is 34.3 Å². The number of piperidine rings is 2. The van der Waals surface area contributed by atoms with Crippen molar-refractivity contribution in [2.24, 2.45) is 11.8 Å². The number of carbonyl (C=O) groups excluding carboxylic acids is 2. The van der Waals surface area contributed by atoms with Crippen molar-refractivity contribution in [1.29, 1.82) is 0 Å². The monoisotopic (exact) mass is 486 g/mol. The number of carbonyl (C=O) groups is 2. The van der Waals surface area contributed by atoms with E-state index in [1.54, 1.807) is 0 Å². The second-order valence-corrected chi connectivity index (χ2v) is 12.0. The van der Waals surface area contributed by atoms with Crippen molar-refractivity contribution in [1.82, 2.24) is 20.4 Å². The molecule has 2 rings (SSSR count). The first-order valence-corrected chi connectivity index (χ1v) is 14.9. The third-order valence-electron chi connectivity index (χ3n) is 6.85. The largest absolute Gasteiger partial charge is 0.356 e. The summed E-state index contributed by atoms with van der Waals surface area (Å²) in [6, 6.07) is 0. The fourth-order valence-corrected chi connectivity index (χ4v) is 5.93. The summed E-state index contributed by atoms with van der Waals surface area (Å²) in [5.74, 6) is 0.403. The van der Waals surface area contributed by atoms with Gasteiger partial charge in [0.25, 0.3) is 0 Å². The lowest BCUT2D eigenvalue weighted by Gasteiger charge is -2.33. The molecular formula is C24H46N4O4S. The van der Waals surface area contributed by atoms with E-state index in [-0.39, 0.29) is 35.2 Å². The number of unbranched alkanes of at least 4 members (excludes halogenated alkanes) is 2. The maximum absolute atomic E-state index is 12.7. The van der Waals surface area contributed by atoms with Crippen LogP contribution in [0.25, 0.3) is 0 Å². The molecule has 2 N–H and O–H groups in total. The Hall–Kier alpha value is -1.19. The molecule has 0 aliphatic carbocycles. The molecule has 2 unspecified atom stereocenters. The summed E-state index contributed by atoms with van der Waals surface area (Å²) in [4.78, 5) is 29.0. The van der Waals surface area contributed by atoms with Crippen LogP contribution in [0.2, 0.25) is 0 Å². The fourth-order valence-electron chi connectivity index (χ4n) is 4.65. The smallest absolute Gasteiger partial charge is 0.224 e. The molecule has 0 spiro atoms. The van der Waals surface area contributed by atoms with Gasteiger partial charge in [-0.05, 0) is 51.6 Å². The minimum absolute atomic E-state index is 0.0351. The van der Waals surface area contributed by atoms with E-state index < -0.39 is 9.84 Å². The average molecular weight is 487 g/mol. The maximum Gasteiger partial charge on any atom is 0.224 e. The van der Waals surface area contributed by atoms with Gasteiger partial charge in [-0.3, -0.25) is 9.59 Å². The first-order valence-electron chi connectivity index (χ1n) is 13.0. The number of hydrogen-bond acceptors (Lipinski definition) is 6. The van der Waals surface area contributed by atoms with Crippen LogP contribution in [0.3, 0.4) is 0 Å².